The van der Waals surface area contributed by atoms with Gasteiger partial charge >= 0.3 is 23.9 Å². The maximum Gasteiger partial charge on any atom is 0.333 e. The molecule has 0 radical (unpaired) electrons. The summed E-state index contributed by atoms with van der Waals surface area (Å²) in [6.07, 6.45) is 17.6. The summed E-state index contributed by atoms with van der Waals surface area (Å²) in [7, 11) is 0. The fraction of sp³-hybridized carbons (Fsp3) is 0.805. The summed E-state index contributed by atoms with van der Waals surface area (Å²) in [4.78, 5) is 48.2. The predicted octanol–water partition coefficient (Wildman–Crippen LogP) is 7.64. The largest absolute Gasteiger partial charge is 0.465 e. The molecule has 11 unspecified atom stereocenters. The predicted molar refractivity (Wildman–Crippen MR) is 185 cm³/mol. The first kappa shape index (κ1) is 36.2. The zero-order valence-electron chi connectivity index (χ0n) is 29.8. The molecule has 272 valence electrons. The summed E-state index contributed by atoms with van der Waals surface area (Å²) >= 11 is 0. The standard InChI is InChI=1S/C41H60O8/c1-4-38(42)46-21-26-13-32-28-17-30(34(19-28)36(32)15-26)23-48-40(44)12-10-8-6-5-7-9-11-39(43)47-22-27-14-33-29-18-31(24-49-41(45)25(2)3)35(20-29)37(33)16-27/h4,26-37H,1-2,5-24H2,3H3/t26?,27?,28?,29?,30?,31?,32?,33-,34?,35?,36?,37?/m1/s1. The third kappa shape index (κ3) is 8.81. The normalized spacial score (nSPS) is 36.3. The van der Waals surface area contributed by atoms with E-state index >= 15 is 0 Å². The molecule has 6 fully saturated rings. The van der Waals surface area contributed by atoms with Crippen molar-refractivity contribution in [2.24, 2.45) is 71.0 Å². The third-order valence-corrected chi connectivity index (χ3v) is 13.8. The van der Waals surface area contributed by atoms with Gasteiger partial charge in [0, 0.05) is 24.5 Å². The minimum absolute atomic E-state index is 0.0647. The molecule has 0 N–H and O–H groups in total. The Labute approximate surface area is 293 Å². The van der Waals surface area contributed by atoms with Crippen LogP contribution >= 0.6 is 0 Å². The van der Waals surface area contributed by atoms with Crippen LogP contribution in [0.2, 0.25) is 0 Å². The molecule has 49 heavy (non-hydrogen) atoms. The van der Waals surface area contributed by atoms with Crippen molar-refractivity contribution in [2.75, 3.05) is 26.4 Å². The molecular weight excluding hydrogens is 620 g/mol. The van der Waals surface area contributed by atoms with E-state index in [-0.39, 0.29) is 23.9 Å². The van der Waals surface area contributed by atoms with Crippen LogP contribution < -0.4 is 0 Å². The van der Waals surface area contributed by atoms with Gasteiger partial charge in [0.2, 0.25) is 0 Å². The van der Waals surface area contributed by atoms with E-state index in [0.717, 1.165) is 87.9 Å². The Balaban J connectivity index is 0.750. The molecule has 4 bridgehead atoms. The average Bonchev–Trinajstić information content (AvgIpc) is 3.93. The monoisotopic (exact) mass is 680 g/mol. The Kier molecular flexibility index (Phi) is 12.2. The summed E-state index contributed by atoms with van der Waals surface area (Å²) < 4.78 is 22.3. The van der Waals surface area contributed by atoms with Crippen molar-refractivity contribution in [3.8, 4) is 0 Å². The molecule has 0 amide bonds. The number of carbonyl (C=O) groups is 4. The Morgan fingerprint density at radius 1 is 0.551 bits per heavy atom. The maximum atomic E-state index is 12.5. The van der Waals surface area contributed by atoms with Crippen LogP contribution in [-0.4, -0.2) is 50.3 Å². The minimum Gasteiger partial charge on any atom is -0.465 e. The number of fused-ring (bicyclic) bond motifs is 10. The molecule has 0 heterocycles. The van der Waals surface area contributed by atoms with Crippen molar-refractivity contribution in [3.63, 3.8) is 0 Å². The van der Waals surface area contributed by atoms with E-state index < -0.39 is 0 Å². The Bertz CT molecular complexity index is 1230. The second kappa shape index (κ2) is 16.6. The molecule has 0 aromatic heterocycles. The van der Waals surface area contributed by atoms with Gasteiger partial charge in [0.05, 0.1) is 26.4 Å². The van der Waals surface area contributed by atoms with Gasteiger partial charge in [-0.15, -0.1) is 0 Å². The highest BCUT2D eigenvalue weighted by Gasteiger charge is 2.57. The van der Waals surface area contributed by atoms with Gasteiger partial charge in [0.1, 0.15) is 0 Å². The summed E-state index contributed by atoms with van der Waals surface area (Å²) in [5, 5.41) is 0. The summed E-state index contributed by atoms with van der Waals surface area (Å²) in [6.45, 7) is 11.0. The van der Waals surface area contributed by atoms with E-state index in [1.807, 2.05) is 0 Å². The van der Waals surface area contributed by atoms with Crippen molar-refractivity contribution in [2.45, 2.75) is 110 Å². The molecule has 8 heteroatoms. The quantitative estimate of drug-likeness (QED) is 0.0594. The van der Waals surface area contributed by atoms with E-state index in [9.17, 15) is 19.2 Å². The molecule has 6 aliphatic rings. The van der Waals surface area contributed by atoms with Crippen LogP contribution in [0, 0.1) is 71.0 Å². The Morgan fingerprint density at radius 3 is 1.51 bits per heavy atom. The molecule has 6 aliphatic carbocycles. The molecule has 0 saturated heterocycles. The van der Waals surface area contributed by atoms with Gasteiger partial charge in [-0.05, 0) is 142 Å². The molecule has 0 aromatic rings. The number of rotatable bonds is 19. The highest BCUT2D eigenvalue weighted by atomic mass is 16.5. The lowest BCUT2D eigenvalue weighted by molar-refractivity contribution is -0.146. The number of ether oxygens (including phenoxy) is 4. The van der Waals surface area contributed by atoms with Gasteiger partial charge in [-0.1, -0.05) is 38.8 Å². The number of unbranched alkanes of at least 4 members (excludes halogenated alkanes) is 5. The van der Waals surface area contributed by atoms with E-state index in [4.69, 9.17) is 18.9 Å². The van der Waals surface area contributed by atoms with Crippen LogP contribution in [0.25, 0.3) is 0 Å². The van der Waals surface area contributed by atoms with Gasteiger partial charge in [-0.3, -0.25) is 9.59 Å². The fourth-order valence-corrected chi connectivity index (χ4v) is 11.7. The van der Waals surface area contributed by atoms with Gasteiger partial charge in [0.25, 0.3) is 0 Å². The lowest BCUT2D eigenvalue weighted by Crippen LogP contribution is -2.28. The maximum absolute atomic E-state index is 12.5. The summed E-state index contributed by atoms with van der Waals surface area (Å²) in [6, 6.07) is 0. The van der Waals surface area contributed by atoms with E-state index in [1.54, 1.807) is 6.92 Å². The van der Waals surface area contributed by atoms with Crippen LogP contribution in [0.4, 0.5) is 0 Å². The van der Waals surface area contributed by atoms with Gasteiger partial charge < -0.3 is 18.9 Å². The van der Waals surface area contributed by atoms with E-state index in [0.29, 0.717) is 92.2 Å². The lowest BCUT2D eigenvalue weighted by Gasteiger charge is -2.31. The Morgan fingerprint density at radius 2 is 1.00 bits per heavy atom. The highest BCUT2D eigenvalue weighted by molar-refractivity contribution is 5.86. The minimum atomic E-state index is -0.330. The second-order valence-corrected chi connectivity index (χ2v) is 16.8. The van der Waals surface area contributed by atoms with Crippen molar-refractivity contribution < 1.29 is 38.1 Å². The third-order valence-electron chi connectivity index (χ3n) is 13.8. The number of carbonyl (C=O) groups excluding carboxylic acids is 4. The topological polar surface area (TPSA) is 105 Å². The molecule has 6 saturated carbocycles. The van der Waals surface area contributed by atoms with Gasteiger partial charge in [0.15, 0.2) is 0 Å². The molecule has 6 rings (SSSR count). The zero-order valence-corrected chi connectivity index (χ0v) is 29.8. The highest BCUT2D eigenvalue weighted by Crippen LogP contribution is 2.63. The first-order chi connectivity index (χ1) is 23.7. The van der Waals surface area contributed by atoms with Crippen molar-refractivity contribution >= 4 is 23.9 Å². The summed E-state index contributed by atoms with van der Waals surface area (Å²) in [5.41, 5.74) is 0.463. The molecule has 0 aliphatic heterocycles. The van der Waals surface area contributed by atoms with Gasteiger partial charge in [-0.25, -0.2) is 9.59 Å². The molecule has 0 spiro atoms. The molecule has 12 atom stereocenters. The van der Waals surface area contributed by atoms with Crippen LogP contribution in [0.1, 0.15) is 110 Å². The number of esters is 4. The Hall–Kier alpha value is -2.64. The van der Waals surface area contributed by atoms with Crippen LogP contribution in [0.3, 0.4) is 0 Å². The fourth-order valence-electron chi connectivity index (χ4n) is 11.7. The summed E-state index contributed by atoms with van der Waals surface area (Å²) in [5.74, 6) is 6.82. The van der Waals surface area contributed by atoms with Crippen LogP contribution in [0.15, 0.2) is 24.8 Å². The second-order valence-electron chi connectivity index (χ2n) is 16.8. The number of hydrogen-bond donors (Lipinski definition) is 0. The van der Waals surface area contributed by atoms with Crippen LogP contribution in [-0.2, 0) is 38.1 Å². The molecule has 0 aromatic carbocycles. The molecule has 8 nitrogen and oxygen atoms in total. The van der Waals surface area contributed by atoms with Crippen molar-refractivity contribution in [1.82, 2.24) is 0 Å². The molecular formula is C41H60O8. The lowest BCUT2D eigenvalue weighted by atomic mass is 9.76. The van der Waals surface area contributed by atoms with Crippen molar-refractivity contribution in [3.05, 3.63) is 24.8 Å². The average molecular weight is 681 g/mol. The van der Waals surface area contributed by atoms with Gasteiger partial charge in [-0.2, -0.15) is 0 Å². The first-order valence-corrected chi connectivity index (χ1v) is 19.6. The number of hydrogen-bond acceptors (Lipinski definition) is 8. The SMILES string of the molecule is C=CC(=O)OCC1CC2C3CC(COC(=O)CCCCCCCCC(=O)OCC4CC5C6CC(CC6COC(=O)C(=C)C)[C@H]5C4)C(C3)C2C1. The van der Waals surface area contributed by atoms with E-state index in [2.05, 4.69) is 13.2 Å². The first-order valence-electron chi connectivity index (χ1n) is 19.6. The zero-order chi connectivity index (χ0) is 34.5. The smallest absolute Gasteiger partial charge is 0.333 e. The van der Waals surface area contributed by atoms with Crippen molar-refractivity contribution in [1.29, 1.82) is 0 Å². The van der Waals surface area contributed by atoms with Crippen LogP contribution in [0.5, 0.6) is 0 Å². The van der Waals surface area contributed by atoms with E-state index in [1.165, 1.54) is 31.8 Å².